The molecule has 0 amide bonds. The lowest BCUT2D eigenvalue weighted by Crippen LogP contribution is -2.27. The van der Waals surface area contributed by atoms with Crippen molar-refractivity contribution in [1.29, 1.82) is 0 Å². The first kappa shape index (κ1) is 22.2. The summed E-state index contributed by atoms with van der Waals surface area (Å²) >= 11 is 6.33. The maximum absolute atomic E-state index is 13.6. The molecule has 0 radical (unpaired) electrons. The lowest BCUT2D eigenvalue weighted by Gasteiger charge is -2.21. The first-order chi connectivity index (χ1) is 19.0. The summed E-state index contributed by atoms with van der Waals surface area (Å²) in [7, 11) is 0. The molecule has 3 unspecified atom stereocenters. The number of anilines is 1. The van der Waals surface area contributed by atoms with E-state index in [1.54, 1.807) is 22.8 Å². The van der Waals surface area contributed by atoms with Gasteiger partial charge in [0.25, 0.3) is 5.56 Å². The highest BCUT2D eigenvalue weighted by Gasteiger charge is 2.55. The second-order valence-corrected chi connectivity index (χ2v) is 10.4. The highest BCUT2D eigenvalue weighted by molar-refractivity contribution is 6.31. The normalized spacial score (nSPS) is 20.5. The molecule has 0 bridgehead atoms. The second-order valence-electron chi connectivity index (χ2n) is 9.99. The highest BCUT2D eigenvalue weighted by Crippen LogP contribution is 2.60. The van der Waals surface area contributed by atoms with E-state index < -0.39 is 0 Å². The number of H-pyrrole nitrogens is 1. The third-order valence-electron chi connectivity index (χ3n) is 7.55. The number of aromatic amines is 1. The van der Waals surface area contributed by atoms with Gasteiger partial charge in [-0.15, -0.1) is 5.10 Å². The summed E-state index contributed by atoms with van der Waals surface area (Å²) < 4.78 is 9.13. The number of nitrogens with zero attached hydrogens (tertiary/aromatic N) is 7. The number of halogens is 1. The van der Waals surface area contributed by atoms with Crippen molar-refractivity contribution in [3.05, 3.63) is 94.2 Å². The van der Waals surface area contributed by atoms with Crippen LogP contribution in [0.3, 0.4) is 0 Å². The van der Waals surface area contributed by atoms with E-state index in [9.17, 15) is 4.79 Å². The van der Waals surface area contributed by atoms with Gasteiger partial charge in [-0.05, 0) is 59.2 Å². The van der Waals surface area contributed by atoms with Crippen LogP contribution < -0.4 is 15.6 Å². The number of benzene rings is 2. The van der Waals surface area contributed by atoms with E-state index in [4.69, 9.17) is 21.3 Å². The van der Waals surface area contributed by atoms with Crippen LogP contribution in [0.4, 0.5) is 5.69 Å². The quantitative estimate of drug-likeness (QED) is 0.352. The Labute approximate surface area is 226 Å². The number of tetrazole rings is 1. The molecule has 0 spiro atoms. The molecule has 2 N–H and O–H groups in total. The number of nitrogens with one attached hydrogen (secondary N) is 2. The molecular formula is C27H20ClN9O2. The molecule has 12 heteroatoms. The van der Waals surface area contributed by atoms with Crippen molar-refractivity contribution in [3.8, 4) is 34.1 Å². The zero-order valence-electron chi connectivity index (χ0n) is 20.4. The molecule has 1 aliphatic carbocycles. The van der Waals surface area contributed by atoms with Crippen molar-refractivity contribution < 1.29 is 4.74 Å². The standard InChI is InChI=1S/C27H20ClN9O2/c1-13-11-39-23-6-14(2-4-19(23)31-13)26-29-10-21(32-26)25-16-8-17(16)27-33-20(9-24(38)37(25)27)18-7-15(28)3-5-22(18)36-12-30-34-35-36/h2-7,9-10,12,16-17,25,31H,1,8,11H2,(H,29,32). The van der Waals surface area contributed by atoms with Crippen molar-refractivity contribution in [1.82, 2.24) is 39.7 Å². The summed E-state index contributed by atoms with van der Waals surface area (Å²) in [5.74, 6) is 2.74. The number of aromatic nitrogens is 8. The van der Waals surface area contributed by atoms with E-state index in [-0.39, 0.29) is 23.4 Å². The van der Waals surface area contributed by atoms with Gasteiger partial charge in [-0.1, -0.05) is 18.2 Å². The summed E-state index contributed by atoms with van der Waals surface area (Å²) in [5, 5.41) is 15.2. The summed E-state index contributed by atoms with van der Waals surface area (Å²) in [6, 6.07) is 12.6. The fraction of sp³-hybridized carbons (Fsp3) is 0.185. The van der Waals surface area contributed by atoms with Crippen LogP contribution in [0.2, 0.25) is 5.02 Å². The summed E-state index contributed by atoms with van der Waals surface area (Å²) in [6.07, 6.45) is 4.28. The van der Waals surface area contributed by atoms with Crippen molar-refractivity contribution in [2.24, 2.45) is 5.92 Å². The number of hydrogen-bond donors (Lipinski definition) is 2. The summed E-state index contributed by atoms with van der Waals surface area (Å²) in [6.45, 7) is 4.34. The predicted molar refractivity (Wildman–Crippen MR) is 143 cm³/mol. The van der Waals surface area contributed by atoms with Crippen LogP contribution in [-0.2, 0) is 0 Å². The van der Waals surface area contributed by atoms with Crippen LogP contribution in [0.1, 0.15) is 29.9 Å². The largest absolute Gasteiger partial charge is 0.485 e. The maximum atomic E-state index is 13.6. The molecule has 1 fully saturated rings. The van der Waals surface area contributed by atoms with Crippen molar-refractivity contribution in [2.75, 3.05) is 11.9 Å². The lowest BCUT2D eigenvalue weighted by molar-refractivity contribution is 0.347. The first-order valence-electron chi connectivity index (χ1n) is 12.5. The number of ether oxygens (including phenoxy) is 1. The first-order valence-corrected chi connectivity index (χ1v) is 12.8. The monoisotopic (exact) mass is 537 g/mol. The Bertz CT molecular complexity index is 1860. The molecule has 5 heterocycles. The number of rotatable bonds is 4. The van der Waals surface area contributed by atoms with Gasteiger partial charge in [0.15, 0.2) is 0 Å². The molecule has 0 saturated heterocycles. The van der Waals surface area contributed by atoms with Crippen LogP contribution in [0, 0.1) is 5.92 Å². The van der Waals surface area contributed by atoms with E-state index in [2.05, 4.69) is 37.4 Å². The number of fused-ring (bicyclic) bond motifs is 4. The van der Waals surface area contributed by atoms with Crippen molar-refractivity contribution in [2.45, 2.75) is 18.4 Å². The van der Waals surface area contributed by atoms with Gasteiger partial charge < -0.3 is 15.0 Å². The molecule has 192 valence electrons. The molecule has 2 aliphatic heterocycles. The average molecular weight is 538 g/mol. The highest BCUT2D eigenvalue weighted by atomic mass is 35.5. The zero-order chi connectivity index (χ0) is 26.2. The second kappa shape index (κ2) is 8.11. The summed E-state index contributed by atoms with van der Waals surface area (Å²) in [4.78, 5) is 26.7. The molecule has 39 heavy (non-hydrogen) atoms. The van der Waals surface area contributed by atoms with Gasteiger partial charge in [0.1, 0.15) is 30.3 Å². The van der Waals surface area contributed by atoms with Gasteiger partial charge in [-0.2, -0.15) is 4.68 Å². The maximum Gasteiger partial charge on any atom is 0.254 e. The van der Waals surface area contributed by atoms with Gasteiger partial charge in [-0.3, -0.25) is 9.36 Å². The fourth-order valence-electron chi connectivity index (χ4n) is 5.71. The van der Waals surface area contributed by atoms with Gasteiger partial charge in [-0.25, -0.2) is 9.97 Å². The molecular weight excluding hydrogens is 518 g/mol. The number of hydrogen-bond acceptors (Lipinski definition) is 8. The van der Waals surface area contributed by atoms with Crippen LogP contribution >= 0.6 is 11.6 Å². The van der Waals surface area contributed by atoms with Crippen molar-refractivity contribution >= 4 is 17.3 Å². The molecule has 8 rings (SSSR count). The van der Waals surface area contributed by atoms with Crippen LogP contribution in [0.15, 0.2) is 72.1 Å². The molecule has 11 nitrogen and oxygen atoms in total. The van der Waals surface area contributed by atoms with Gasteiger partial charge in [0, 0.05) is 33.8 Å². The minimum Gasteiger partial charge on any atom is -0.485 e. The Balaban J connectivity index is 1.17. The predicted octanol–water partition coefficient (Wildman–Crippen LogP) is 3.95. The lowest BCUT2D eigenvalue weighted by atomic mass is 10.1. The SMILES string of the molecule is C=C1COc2cc(-c3ncc(C4C5CC5c5nc(-c6cc(Cl)ccc6-n6cnnn6)cc(=O)n54)[nH]3)ccc2N1. The van der Waals surface area contributed by atoms with Crippen LogP contribution in [0.5, 0.6) is 5.75 Å². The molecule has 5 aromatic rings. The molecule has 3 aromatic heterocycles. The molecule has 3 atom stereocenters. The Morgan fingerprint density at radius 3 is 2.95 bits per heavy atom. The van der Waals surface area contributed by atoms with E-state index in [0.717, 1.165) is 40.6 Å². The van der Waals surface area contributed by atoms with Crippen LogP contribution in [-0.4, -0.2) is 46.3 Å². The van der Waals surface area contributed by atoms with E-state index >= 15 is 0 Å². The topological polar surface area (TPSA) is 128 Å². The van der Waals surface area contributed by atoms with E-state index in [1.807, 2.05) is 30.5 Å². The fourth-order valence-corrected chi connectivity index (χ4v) is 5.88. The Morgan fingerprint density at radius 1 is 1.15 bits per heavy atom. The smallest absolute Gasteiger partial charge is 0.254 e. The van der Waals surface area contributed by atoms with Gasteiger partial charge in [0.2, 0.25) is 0 Å². The minimum absolute atomic E-state index is 0.125. The zero-order valence-corrected chi connectivity index (χ0v) is 21.1. The van der Waals surface area contributed by atoms with Crippen LogP contribution in [0.25, 0.3) is 28.3 Å². The minimum atomic E-state index is -0.155. The average Bonchev–Trinajstić information content (AvgIpc) is 3.28. The third-order valence-corrected chi connectivity index (χ3v) is 7.78. The van der Waals surface area contributed by atoms with E-state index in [0.29, 0.717) is 34.4 Å². The molecule has 2 aromatic carbocycles. The molecule has 3 aliphatic rings. The molecule has 1 saturated carbocycles. The van der Waals surface area contributed by atoms with Gasteiger partial charge >= 0.3 is 0 Å². The third kappa shape index (κ3) is 3.50. The van der Waals surface area contributed by atoms with Gasteiger partial charge in [0.05, 0.1) is 35.0 Å². The number of imidazole rings is 1. The Kier molecular flexibility index (Phi) is 4.63. The van der Waals surface area contributed by atoms with Crippen molar-refractivity contribution in [3.63, 3.8) is 0 Å². The van der Waals surface area contributed by atoms with E-state index in [1.165, 1.54) is 11.0 Å². The summed E-state index contributed by atoms with van der Waals surface area (Å²) in [5.41, 5.74) is 5.28. The Morgan fingerprint density at radius 2 is 2.08 bits per heavy atom. The Hall–Kier alpha value is -4.77.